The molecule has 2 fully saturated rings. The monoisotopic (exact) mass is 587 g/mol. The number of hydrogen-bond donors (Lipinski definition) is 8. The molecule has 2 saturated heterocycles. The van der Waals surface area contributed by atoms with Gasteiger partial charge in [-0.2, -0.15) is 0 Å². The summed E-state index contributed by atoms with van der Waals surface area (Å²) in [5.41, 5.74) is 0. The van der Waals surface area contributed by atoms with E-state index in [1.165, 1.54) is 25.7 Å². The predicted molar refractivity (Wildman–Crippen MR) is 130 cm³/mol. The van der Waals surface area contributed by atoms with E-state index >= 15 is 0 Å². The number of aliphatic hydroxyl groups excluding tert-OH is 7. The smallest absolute Gasteiger partial charge is 0.222 e. The van der Waals surface area contributed by atoms with Gasteiger partial charge in [-0.15, -0.1) is 0 Å². The fourth-order valence-electron chi connectivity index (χ4n) is 4.38. The van der Waals surface area contributed by atoms with E-state index in [0.29, 0.717) is 6.42 Å². The normalized spacial score (nSPS) is 37.1. The molecule has 8 N–H and O–H groups in total. The molecule has 13 heteroatoms. The zero-order chi connectivity index (χ0) is 26.7. The summed E-state index contributed by atoms with van der Waals surface area (Å²) in [5.74, 6) is -0.367. The van der Waals surface area contributed by atoms with Crippen LogP contribution in [0, 0.1) is 0 Å². The highest BCUT2D eigenvalue weighted by Crippen LogP contribution is 2.28. The van der Waals surface area contributed by atoms with Gasteiger partial charge in [0.2, 0.25) is 5.91 Å². The molecule has 2 aliphatic rings. The molecule has 0 saturated carbocycles. The summed E-state index contributed by atoms with van der Waals surface area (Å²) in [5, 5.41) is 73.7. The van der Waals surface area contributed by atoms with Gasteiger partial charge < -0.3 is 55.3 Å². The number of hydrogen-bond acceptors (Lipinski definition) is 11. The van der Waals surface area contributed by atoms with E-state index < -0.39 is 74.6 Å². The lowest BCUT2D eigenvalue weighted by Crippen LogP contribution is -2.66. The number of carbonyl (C=O) groups is 1. The van der Waals surface area contributed by atoms with Crippen LogP contribution < -0.4 is 5.32 Å². The lowest BCUT2D eigenvalue weighted by atomic mass is 9.96. The fourth-order valence-corrected chi connectivity index (χ4v) is 4.78. The lowest BCUT2D eigenvalue weighted by molar-refractivity contribution is -0.343. The van der Waals surface area contributed by atoms with Gasteiger partial charge in [-0.25, -0.2) is 0 Å². The second-order valence-corrected chi connectivity index (χ2v) is 10.2. The predicted octanol–water partition coefficient (Wildman–Crippen LogP) is -1.37. The van der Waals surface area contributed by atoms with Gasteiger partial charge in [-0.3, -0.25) is 4.79 Å². The molecule has 2 rings (SSSR count). The fraction of sp³-hybridized carbons (Fsp3) is 0.957. The number of unbranched alkanes of at least 4 members (excludes halogenated alkanes) is 7. The maximum Gasteiger partial charge on any atom is 0.222 e. The molecule has 36 heavy (non-hydrogen) atoms. The highest BCUT2D eigenvalue weighted by atomic mass is 79.9. The summed E-state index contributed by atoms with van der Waals surface area (Å²) in [6, 6.07) is 0. The highest BCUT2D eigenvalue weighted by Gasteiger charge is 2.50. The third-order valence-corrected chi connectivity index (χ3v) is 7.16. The molecule has 0 radical (unpaired) electrons. The Morgan fingerprint density at radius 3 is 1.89 bits per heavy atom. The van der Waals surface area contributed by atoms with E-state index in [1.54, 1.807) is 0 Å². The summed E-state index contributed by atoms with van der Waals surface area (Å²) in [4.78, 5) is 12.3. The zero-order valence-corrected chi connectivity index (χ0v) is 22.0. The van der Waals surface area contributed by atoms with Gasteiger partial charge in [0.25, 0.3) is 0 Å². The van der Waals surface area contributed by atoms with Crippen molar-refractivity contribution in [1.29, 1.82) is 0 Å². The van der Waals surface area contributed by atoms with Crippen LogP contribution in [0.2, 0.25) is 0 Å². The summed E-state index contributed by atoms with van der Waals surface area (Å²) in [6.45, 7) is -1.33. The summed E-state index contributed by atoms with van der Waals surface area (Å²) in [6.07, 6.45) is -6.34. The lowest BCUT2D eigenvalue weighted by Gasteiger charge is -2.46. The highest BCUT2D eigenvalue weighted by molar-refractivity contribution is 9.09. The first-order chi connectivity index (χ1) is 17.2. The SMILES string of the molecule is O=C(CCCCCCCCCCBr)N[C@@H]1O[C@H](CO)[C@@H](O[C@@H]2O[C@H](CO)[C@H](O)[C@H](O)[C@H]2O)[C@H](O)[C@H]1O. The molecule has 212 valence electrons. The van der Waals surface area contributed by atoms with Crippen molar-refractivity contribution in [1.82, 2.24) is 5.32 Å². The van der Waals surface area contributed by atoms with Gasteiger partial charge in [0, 0.05) is 11.8 Å². The van der Waals surface area contributed by atoms with Crippen molar-refractivity contribution in [3.8, 4) is 0 Å². The number of amides is 1. The molecule has 0 bridgehead atoms. The van der Waals surface area contributed by atoms with E-state index in [-0.39, 0.29) is 12.3 Å². The number of halogens is 1. The Kier molecular flexibility index (Phi) is 14.6. The Labute approximate surface area is 219 Å². The van der Waals surface area contributed by atoms with Gasteiger partial charge in [-0.05, 0) is 12.8 Å². The van der Waals surface area contributed by atoms with Gasteiger partial charge in [0.1, 0.15) is 48.8 Å². The average Bonchev–Trinajstić information content (AvgIpc) is 2.87. The van der Waals surface area contributed by atoms with Crippen LogP contribution in [0.25, 0.3) is 0 Å². The van der Waals surface area contributed by atoms with E-state index in [2.05, 4.69) is 21.2 Å². The Balaban J connectivity index is 1.81. The molecular weight excluding hydrogens is 546 g/mol. The molecule has 12 nitrogen and oxygen atoms in total. The molecule has 0 aromatic carbocycles. The number of ether oxygens (including phenoxy) is 3. The van der Waals surface area contributed by atoms with E-state index in [0.717, 1.165) is 24.6 Å². The number of rotatable bonds is 15. The molecular formula is C23H42BrNO11. The van der Waals surface area contributed by atoms with Crippen LogP contribution >= 0.6 is 15.9 Å². The van der Waals surface area contributed by atoms with Crippen molar-refractivity contribution in [2.24, 2.45) is 0 Å². The quantitative estimate of drug-likeness (QED) is 0.0830. The van der Waals surface area contributed by atoms with Crippen molar-refractivity contribution in [2.75, 3.05) is 18.5 Å². The van der Waals surface area contributed by atoms with Crippen LogP contribution in [0.4, 0.5) is 0 Å². The molecule has 0 aromatic rings. The zero-order valence-electron chi connectivity index (χ0n) is 20.4. The van der Waals surface area contributed by atoms with Crippen LogP contribution in [0.5, 0.6) is 0 Å². The van der Waals surface area contributed by atoms with Gasteiger partial charge in [0.05, 0.1) is 13.2 Å². The Morgan fingerprint density at radius 2 is 1.31 bits per heavy atom. The number of nitrogens with one attached hydrogen (secondary N) is 1. The topological polar surface area (TPSA) is 198 Å². The van der Waals surface area contributed by atoms with Crippen LogP contribution in [0.1, 0.15) is 57.8 Å². The second kappa shape index (κ2) is 16.5. The molecule has 0 spiro atoms. The first kappa shape index (κ1) is 31.8. The molecule has 0 aliphatic carbocycles. The Hall–Kier alpha value is -0.450. The number of alkyl halides is 1. The summed E-state index contributed by atoms with van der Waals surface area (Å²) in [7, 11) is 0. The minimum absolute atomic E-state index is 0.223. The molecule has 1 amide bonds. The maximum atomic E-state index is 12.3. The van der Waals surface area contributed by atoms with Crippen molar-refractivity contribution in [3.63, 3.8) is 0 Å². The van der Waals surface area contributed by atoms with Crippen molar-refractivity contribution in [2.45, 2.75) is 119 Å². The summed E-state index contributed by atoms with van der Waals surface area (Å²) < 4.78 is 16.3. The second-order valence-electron chi connectivity index (χ2n) is 9.39. The van der Waals surface area contributed by atoms with Crippen LogP contribution in [0.15, 0.2) is 0 Å². The molecule has 2 heterocycles. The molecule has 0 unspecified atom stereocenters. The summed E-state index contributed by atoms with van der Waals surface area (Å²) >= 11 is 3.42. The van der Waals surface area contributed by atoms with Crippen LogP contribution in [-0.2, 0) is 19.0 Å². The van der Waals surface area contributed by atoms with Crippen LogP contribution in [0.3, 0.4) is 0 Å². The largest absolute Gasteiger partial charge is 0.394 e. The first-order valence-electron chi connectivity index (χ1n) is 12.7. The van der Waals surface area contributed by atoms with Gasteiger partial charge in [0.15, 0.2) is 12.5 Å². The third kappa shape index (κ3) is 9.09. The van der Waals surface area contributed by atoms with Crippen molar-refractivity contribution >= 4 is 21.8 Å². The molecule has 10 atom stereocenters. The minimum atomic E-state index is -1.74. The third-order valence-electron chi connectivity index (χ3n) is 6.59. The maximum absolute atomic E-state index is 12.3. The molecule has 0 aromatic heterocycles. The van der Waals surface area contributed by atoms with Gasteiger partial charge >= 0.3 is 0 Å². The number of aliphatic hydroxyl groups is 7. The minimum Gasteiger partial charge on any atom is -0.394 e. The first-order valence-corrected chi connectivity index (χ1v) is 13.8. The van der Waals surface area contributed by atoms with Crippen molar-refractivity contribution in [3.05, 3.63) is 0 Å². The van der Waals surface area contributed by atoms with Crippen LogP contribution in [-0.4, -0.2) is 122 Å². The van der Waals surface area contributed by atoms with E-state index in [9.17, 15) is 40.5 Å². The van der Waals surface area contributed by atoms with E-state index in [4.69, 9.17) is 14.2 Å². The Morgan fingerprint density at radius 1 is 0.722 bits per heavy atom. The molecule has 2 aliphatic heterocycles. The van der Waals surface area contributed by atoms with Gasteiger partial charge in [-0.1, -0.05) is 54.5 Å². The van der Waals surface area contributed by atoms with E-state index in [1.807, 2.05) is 0 Å². The standard InChI is InChI=1S/C23H42BrNO11/c24-10-8-6-4-2-1-3-5-7-9-15(28)25-22-19(32)18(31)21(14(12-27)34-22)36-23-20(33)17(30)16(29)13(11-26)35-23/h13-14,16-23,26-27,29-33H,1-12H2,(H,25,28)/t13-,14-,16+,17+,18-,19-,20-,21-,22-,23+/m1/s1. The van der Waals surface area contributed by atoms with Crippen molar-refractivity contribution < 1.29 is 54.8 Å². The average molecular weight is 588 g/mol. The number of carbonyl (C=O) groups excluding carboxylic acids is 1. The Bertz CT molecular complexity index is 629.